The Kier molecular flexibility index (Phi) is 41.9. The van der Waals surface area contributed by atoms with Crippen LogP contribution in [0.25, 0.3) is 22.9 Å². The smallest absolute Gasteiger partial charge is 0.247 e. The van der Waals surface area contributed by atoms with E-state index in [1.807, 2.05) is 76.2 Å². The molecule has 79 heavy (non-hydrogen) atoms. The van der Waals surface area contributed by atoms with E-state index in [4.69, 9.17) is 65.7 Å². The molecule has 0 radical (unpaired) electrons. The molecule has 25 heteroatoms. The van der Waals surface area contributed by atoms with Crippen molar-refractivity contribution in [1.82, 2.24) is 36.3 Å². The molecule has 2 aromatic carbocycles. The number of amides is 3. The maximum Gasteiger partial charge on any atom is 0.247 e. The van der Waals surface area contributed by atoms with Crippen LogP contribution in [0.5, 0.6) is 11.5 Å². The second-order valence-corrected chi connectivity index (χ2v) is 15.8. The lowest BCUT2D eigenvalue weighted by Crippen LogP contribution is -2.53. The van der Waals surface area contributed by atoms with Gasteiger partial charge in [-0.05, 0) is 48.5 Å². The molecule has 25 nitrogen and oxygen atoms in total. The van der Waals surface area contributed by atoms with Gasteiger partial charge in [-0.3, -0.25) is 14.4 Å². The number of rotatable bonds is 47. The fourth-order valence-corrected chi connectivity index (χ4v) is 6.11. The van der Waals surface area contributed by atoms with Gasteiger partial charge in [0.05, 0.1) is 132 Å². The number of carbonyl (C=O) groups excluding carboxylic acids is 4. The van der Waals surface area contributed by atoms with Crippen LogP contribution in [0.3, 0.4) is 0 Å². The van der Waals surface area contributed by atoms with Gasteiger partial charge in [0.25, 0.3) is 0 Å². The molecular formula is C54H85N7O18. The largest absolute Gasteiger partial charge is 0.491 e. The van der Waals surface area contributed by atoms with Crippen LogP contribution in [0.1, 0.15) is 58.7 Å². The Labute approximate surface area is 464 Å². The van der Waals surface area contributed by atoms with Gasteiger partial charge in [0.2, 0.25) is 41.3 Å². The summed E-state index contributed by atoms with van der Waals surface area (Å²) in [5.74, 6) is 2.01. The molecule has 1 atom stereocenters. The van der Waals surface area contributed by atoms with Crippen molar-refractivity contribution in [2.24, 2.45) is 0 Å². The minimum atomic E-state index is -1.06. The van der Waals surface area contributed by atoms with E-state index in [0.717, 1.165) is 17.4 Å². The Morgan fingerprint density at radius 3 is 1.19 bits per heavy atom. The van der Waals surface area contributed by atoms with Crippen molar-refractivity contribution in [3.05, 3.63) is 60.3 Å². The van der Waals surface area contributed by atoms with Gasteiger partial charge in [0.15, 0.2) is 0 Å². The van der Waals surface area contributed by atoms with Crippen molar-refractivity contribution >= 4 is 24.0 Å². The first-order chi connectivity index (χ1) is 38.8. The third-order valence-electron chi connectivity index (χ3n) is 9.88. The Bertz CT molecular complexity index is 2110. The summed E-state index contributed by atoms with van der Waals surface area (Å²) < 4.78 is 77.2. The standard InChI is InChI=1S/C50H73N7O18.2C2H6/c1-39-54-56-49(74-39)41-4-8-43(9-5-41)72-36-34-70-32-30-68-28-26-66-24-21-63-17-12-46(59)52-38-45(48(61)51-14-19-65-23-20-62-16-3-15-58)53-47(60)13-18-64-22-25-67-27-29-69-31-33-71-35-37-73-44-10-6-42(7-11-44)50-57-55-40(2)75-50;2*1-2/h4-11,15,45H,3,12-14,16-38H2,1-2H3,(H,51,61)(H,52,59)(H,53,60);2*1-2H3. The predicted octanol–water partition coefficient (Wildman–Crippen LogP) is 4.17. The Hall–Kier alpha value is -6.00. The van der Waals surface area contributed by atoms with Crippen LogP contribution >= 0.6 is 0 Å². The molecule has 0 aliphatic carbocycles. The lowest BCUT2D eigenvalue weighted by molar-refractivity contribution is -0.130. The van der Waals surface area contributed by atoms with Gasteiger partial charge in [-0.2, -0.15) is 0 Å². The van der Waals surface area contributed by atoms with Gasteiger partial charge in [-0.25, -0.2) is 0 Å². The van der Waals surface area contributed by atoms with Crippen LogP contribution in [0.2, 0.25) is 0 Å². The van der Waals surface area contributed by atoms with Crippen LogP contribution in [0.15, 0.2) is 57.4 Å². The predicted molar refractivity (Wildman–Crippen MR) is 289 cm³/mol. The summed E-state index contributed by atoms with van der Waals surface area (Å²) in [5, 5.41) is 23.7. The number of nitrogens with zero attached hydrogens (tertiary/aromatic N) is 4. The molecule has 0 bridgehead atoms. The van der Waals surface area contributed by atoms with E-state index in [9.17, 15) is 19.2 Å². The van der Waals surface area contributed by atoms with Gasteiger partial charge in [0.1, 0.15) is 37.0 Å². The number of aryl methyl sites for hydroxylation is 2. The summed E-state index contributed by atoms with van der Waals surface area (Å²) in [6, 6.07) is 13.6. The molecule has 4 rings (SSSR count). The van der Waals surface area contributed by atoms with Gasteiger partial charge >= 0.3 is 0 Å². The van der Waals surface area contributed by atoms with Gasteiger partial charge in [-0.1, -0.05) is 27.7 Å². The SMILES string of the molecule is CC.CC.Cc1nnc(-c2ccc(OCCOCCOCCOCCOCCC(=O)NCC(NC(=O)CCOCCOCCOCCOCCOc3ccc(-c4nnc(C)o4)cc3)C(=O)NCCOCCOCCC=O)cc2)o1. The van der Waals surface area contributed by atoms with E-state index >= 15 is 0 Å². The number of carbonyl (C=O) groups is 4. The Morgan fingerprint density at radius 2 is 0.810 bits per heavy atom. The molecular weight excluding hydrogens is 1030 g/mol. The van der Waals surface area contributed by atoms with Crippen molar-refractivity contribution in [3.8, 4) is 34.4 Å². The molecule has 3 N–H and O–H groups in total. The number of aldehydes is 1. The molecule has 4 aromatic rings. The molecule has 0 aliphatic rings. The zero-order valence-corrected chi connectivity index (χ0v) is 47.0. The summed E-state index contributed by atoms with van der Waals surface area (Å²) in [7, 11) is 0. The number of aromatic nitrogens is 4. The zero-order valence-electron chi connectivity index (χ0n) is 47.0. The Balaban J connectivity index is 0.00000521. The molecule has 2 aromatic heterocycles. The molecule has 1 unspecified atom stereocenters. The molecule has 2 heterocycles. The zero-order chi connectivity index (χ0) is 57.2. The molecule has 0 saturated heterocycles. The minimum Gasteiger partial charge on any atom is -0.491 e. The van der Waals surface area contributed by atoms with Crippen LogP contribution in [0.4, 0.5) is 0 Å². The van der Waals surface area contributed by atoms with E-state index in [-0.39, 0.29) is 71.5 Å². The van der Waals surface area contributed by atoms with Crippen LogP contribution in [-0.2, 0) is 66.5 Å². The first-order valence-electron chi connectivity index (χ1n) is 26.9. The summed E-state index contributed by atoms with van der Waals surface area (Å²) in [6.45, 7) is 18.5. The van der Waals surface area contributed by atoms with E-state index < -0.39 is 17.9 Å². The number of benzene rings is 2. The summed E-state index contributed by atoms with van der Waals surface area (Å²) in [5.41, 5.74) is 1.62. The summed E-state index contributed by atoms with van der Waals surface area (Å²) in [4.78, 5) is 48.9. The quantitative estimate of drug-likeness (QED) is 0.0413. The second-order valence-electron chi connectivity index (χ2n) is 15.8. The molecule has 0 spiro atoms. The normalized spacial score (nSPS) is 11.2. The molecule has 0 aliphatic heterocycles. The second kappa shape index (κ2) is 48.0. The van der Waals surface area contributed by atoms with Gasteiger partial charge in [-0.15, -0.1) is 20.4 Å². The third kappa shape index (κ3) is 35.3. The maximum absolute atomic E-state index is 13.0. The average Bonchev–Trinajstić information content (AvgIpc) is 4.14. The van der Waals surface area contributed by atoms with Crippen molar-refractivity contribution in [2.45, 2.75) is 66.8 Å². The van der Waals surface area contributed by atoms with Crippen molar-refractivity contribution in [3.63, 3.8) is 0 Å². The number of ether oxygens (including phenoxy) is 12. The summed E-state index contributed by atoms with van der Waals surface area (Å²) in [6.07, 6.45) is 1.08. The third-order valence-corrected chi connectivity index (χ3v) is 9.88. The maximum atomic E-state index is 13.0. The highest BCUT2D eigenvalue weighted by Gasteiger charge is 2.21. The lowest BCUT2D eigenvalue weighted by Gasteiger charge is -2.19. The highest BCUT2D eigenvalue weighted by atomic mass is 16.6. The van der Waals surface area contributed by atoms with Crippen molar-refractivity contribution in [1.29, 1.82) is 0 Å². The van der Waals surface area contributed by atoms with E-state index in [2.05, 4.69) is 36.3 Å². The van der Waals surface area contributed by atoms with Gasteiger partial charge in [0, 0.05) is 57.3 Å². The first-order valence-corrected chi connectivity index (χ1v) is 26.9. The number of hydrogen-bond acceptors (Lipinski definition) is 22. The Morgan fingerprint density at radius 1 is 0.456 bits per heavy atom. The highest BCUT2D eigenvalue weighted by molar-refractivity contribution is 5.88. The fraction of sp³-hybridized carbons (Fsp3) is 0.630. The van der Waals surface area contributed by atoms with E-state index in [0.29, 0.717) is 147 Å². The van der Waals surface area contributed by atoms with E-state index in [1.54, 1.807) is 13.8 Å². The number of hydrogen-bond donors (Lipinski definition) is 3. The minimum absolute atomic E-state index is 0.0262. The first kappa shape index (κ1) is 69.1. The summed E-state index contributed by atoms with van der Waals surface area (Å²) >= 11 is 0. The van der Waals surface area contributed by atoms with Crippen molar-refractivity contribution < 1.29 is 84.9 Å². The van der Waals surface area contributed by atoms with Crippen molar-refractivity contribution in [2.75, 3.05) is 158 Å². The molecule has 444 valence electrons. The van der Waals surface area contributed by atoms with E-state index in [1.165, 1.54) is 0 Å². The van der Waals surface area contributed by atoms with Crippen LogP contribution < -0.4 is 25.4 Å². The fourth-order valence-electron chi connectivity index (χ4n) is 6.11. The molecule has 0 fully saturated rings. The number of nitrogens with one attached hydrogen (secondary N) is 3. The molecule has 3 amide bonds. The highest BCUT2D eigenvalue weighted by Crippen LogP contribution is 2.22. The van der Waals surface area contributed by atoms with Gasteiger partial charge < -0.3 is 86.4 Å². The topological polar surface area (TPSA) is 293 Å². The average molecular weight is 1120 g/mol. The van der Waals surface area contributed by atoms with Crippen LogP contribution in [-0.4, -0.2) is 209 Å². The van der Waals surface area contributed by atoms with Crippen LogP contribution in [0, 0.1) is 13.8 Å². The molecule has 0 saturated carbocycles. The lowest BCUT2D eigenvalue weighted by atomic mass is 10.2. The monoisotopic (exact) mass is 1120 g/mol.